The average molecular weight is 435 g/mol. The van der Waals surface area contributed by atoms with Crippen LogP contribution in [0, 0.1) is 17.2 Å². The van der Waals surface area contributed by atoms with Crippen molar-refractivity contribution in [1.29, 1.82) is 0 Å². The first-order chi connectivity index (χ1) is 14.2. The second-order valence-electron chi connectivity index (χ2n) is 9.92. The second-order valence-corrected chi connectivity index (χ2v) is 10.4. The number of halogens is 2. The number of carbonyl (C=O) groups excluding carboxylic acids is 1. The second kappa shape index (κ2) is 8.16. The summed E-state index contributed by atoms with van der Waals surface area (Å²) in [5.41, 5.74) is 2.43. The largest absolute Gasteiger partial charge is 0.391 e. The van der Waals surface area contributed by atoms with Crippen molar-refractivity contribution in [2.45, 2.75) is 77.5 Å². The van der Waals surface area contributed by atoms with Crippen molar-refractivity contribution in [2.75, 3.05) is 6.54 Å². The number of rotatable bonds is 5. The summed E-state index contributed by atoms with van der Waals surface area (Å²) in [5.74, 6) is 0.102. The number of allylic oxidation sites excluding steroid dienone is 1. The molecular weight excluding hydrogens is 403 g/mol. The molecule has 4 rings (SSSR count). The van der Waals surface area contributed by atoms with Crippen molar-refractivity contribution in [3.8, 4) is 0 Å². The Morgan fingerprint density at radius 1 is 1.33 bits per heavy atom. The molecule has 0 aromatic heterocycles. The Morgan fingerprint density at radius 2 is 2.03 bits per heavy atom. The Bertz CT molecular complexity index is 869. The Balaban J connectivity index is 1.59. The van der Waals surface area contributed by atoms with E-state index in [4.69, 9.17) is 11.6 Å². The monoisotopic (exact) mass is 434 g/mol. The number of aliphatic hydroxyl groups excluding tert-OH is 1. The van der Waals surface area contributed by atoms with E-state index in [0.29, 0.717) is 28.5 Å². The van der Waals surface area contributed by atoms with Crippen LogP contribution in [0.3, 0.4) is 0 Å². The van der Waals surface area contributed by atoms with Crippen molar-refractivity contribution < 1.29 is 14.3 Å². The van der Waals surface area contributed by atoms with E-state index in [9.17, 15) is 14.3 Å². The molecule has 1 heterocycles. The van der Waals surface area contributed by atoms with Gasteiger partial charge in [-0.3, -0.25) is 4.79 Å². The minimum atomic E-state index is -0.491. The highest BCUT2D eigenvalue weighted by atomic mass is 35.5. The van der Waals surface area contributed by atoms with Gasteiger partial charge in [0, 0.05) is 34.8 Å². The van der Waals surface area contributed by atoms with Crippen molar-refractivity contribution >= 4 is 17.5 Å². The molecule has 0 saturated heterocycles. The highest BCUT2D eigenvalue weighted by molar-refractivity contribution is 6.30. The molecule has 1 aromatic rings. The third-order valence-corrected chi connectivity index (χ3v) is 7.65. The molecule has 0 spiro atoms. The van der Waals surface area contributed by atoms with Gasteiger partial charge in [0.05, 0.1) is 18.2 Å². The predicted octanol–water partition coefficient (Wildman–Crippen LogP) is 4.97. The molecule has 2 N–H and O–H groups in total. The summed E-state index contributed by atoms with van der Waals surface area (Å²) in [5, 5.41) is 13.8. The number of benzene rings is 1. The maximum Gasteiger partial charge on any atom is 0.249 e. The van der Waals surface area contributed by atoms with Gasteiger partial charge in [0.2, 0.25) is 5.91 Å². The smallest absolute Gasteiger partial charge is 0.249 e. The quantitative estimate of drug-likeness (QED) is 0.688. The van der Waals surface area contributed by atoms with Crippen LogP contribution >= 0.6 is 11.6 Å². The van der Waals surface area contributed by atoms with Crippen LogP contribution in [0.4, 0.5) is 4.39 Å². The van der Waals surface area contributed by atoms with Crippen LogP contribution in [0.5, 0.6) is 0 Å². The lowest BCUT2D eigenvalue weighted by Crippen LogP contribution is -2.45. The Labute approximate surface area is 183 Å². The lowest BCUT2D eigenvalue weighted by atomic mass is 9.92. The van der Waals surface area contributed by atoms with Crippen molar-refractivity contribution in [1.82, 2.24) is 10.2 Å². The molecule has 6 heteroatoms. The molecule has 1 aromatic carbocycles. The van der Waals surface area contributed by atoms with Gasteiger partial charge >= 0.3 is 0 Å². The fraction of sp³-hybridized carbons (Fsp3) is 0.625. The molecule has 30 heavy (non-hydrogen) atoms. The van der Waals surface area contributed by atoms with Gasteiger partial charge in [-0.05, 0) is 55.7 Å². The molecule has 0 radical (unpaired) electrons. The zero-order chi connectivity index (χ0) is 21.6. The minimum Gasteiger partial charge on any atom is -0.391 e. The van der Waals surface area contributed by atoms with E-state index in [0.717, 1.165) is 44.3 Å². The first kappa shape index (κ1) is 21.6. The third kappa shape index (κ3) is 4.24. The molecule has 1 amide bonds. The molecular formula is C24H32ClFN2O2. The topological polar surface area (TPSA) is 52.6 Å². The van der Waals surface area contributed by atoms with Crippen LogP contribution in [-0.4, -0.2) is 34.6 Å². The number of carbonyl (C=O) groups is 1. The SMILES string of the molecule is CC1=C(C(=O)N[C@@H]2CCCC[C@H]2O)CC(c2cc(Cl)ccc2F)N1C[C@H]1CC1(C)C. The van der Waals surface area contributed by atoms with Crippen LogP contribution in [-0.2, 0) is 4.79 Å². The zero-order valence-electron chi connectivity index (χ0n) is 18.0. The number of nitrogens with zero attached hydrogens (tertiary/aromatic N) is 1. The van der Waals surface area contributed by atoms with E-state index in [1.807, 2.05) is 6.92 Å². The van der Waals surface area contributed by atoms with Gasteiger partial charge in [0.1, 0.15) is 5.82 Å². The summed E-state index contributed by atoms with van der Waals surface area (Å²) in [4.78, 5) is 15.3. The molecule has 0 bridgehead atoms. The highest BCUT2D eigenvalue weighted by Crippen LogP contribution is 2.54. The molecule has 4 atom stereocenters. The average Bonchev–Trinajstić information content (AvgIpc) is 3.16. The fourth-order valence-electron chi connectivity index (χ4n) is 5.09. The van der Waals surface area contributed by atoms with E-state index in [1.165, 1.54) is 6.07 Å². The summed E-state index contributed by atoms with van der Waals surface area (Å²) in [7, 11) is 0. The van der Waals surface area contributed by atoms with Crippen molar-refractivity contribution in [2.24, 2.45) is 11.3 Å². The van der Waals surface area contributed by atoms with Crippen molar-refractivity contribution in [3.05, 3.63) is 45.9 Å². The lowest BCUT2D eigenvalue weighted by molar-refractivity contribution is -0.119. The van der Waals surface area contributed by atoms with Gasteiger partial charge in [-0.1, -0.05) is 38.3 Å². The van der Waals surface area contributed by atoms with E-state index < -0.39 is 6.10 Å². The summed E-state index contributed by atoms with van der Waals surface area (Å²) in [6, 6.07) is 4.21. The van der Waals surface area contributed by atoms with E-state index in [2.05, 4.69) is 24.1 Å². The van der Waals surface area contributed by atoms with Gasteiger partial charge in [-0.2, -0.15) is 0 Å². The van der Waals surface area contributed by atoms with Crippen LogP contribution in [0.2, 0.25) is 5.02 Å². The number of amides is 1. The highest BCUT2D eigenvalue weighted by Gasteiger charge is 2.48. The molecule has 4 nitrogen and oxygen atoms in total. The van der Waals surface area contributed by atoms with Crippen LogP contribution in [0.15, 0.2) is 29.5 Å². The van der Waals surface area contributed by atoms with Crippen LogP contribution in [0.1, 0.15) is 70.9 Å². The zero-order valence-corrected chi connectivity index (χ0v) is 18.8. The molecule has 3 aliphatic rings. The fourth-order valence-corrected chi connectivity index (χ4v) is 5.27. The van der Waals surface area contributed by atoms with Crippen LogP contribution < -0.4 is 5.32 Å². The van der Waals surface area contributed by atoms with Gasteiger partial charge in [0.15, 0.2) is 0 Å². The molecule has 2 aliphatic carbocycles. The molecule has 1 unspecified atom stereocenters. The van der Waals surface area contributed by atoms with E-state index in [-0.39, 0.29) is 29.2 Å². The van der Waals surface area contributed by atoms with Gasteiger partial charge in [-0.15, -0.1) is 0 Å². The Hall–Kier alpha value is -1.59. The first-order valence-electron chi connectivity index (χ1n) is 11.1. The normalized spacial score (nSPS) is 30.5. The van der Waals surface area contributed by atoms with Gasteiger partial charge in [0.25, 0.3) is 0 Å². The number of hydrogen-bond acceptors (Lipinski definition) is 3. The third-order valence-electron chi connectivity index (χ3n) is 7.41. The minimum absolute atomic E-state index is 0.136. The Kier molecular flexibility index (Phi) is 5.88. The summed E-state index contributed by atoms with van der Waals surface area (Å²) < 4.78 is 14.7. The Morgan fingerprint density at radius 3 is 2.70 bits per heavy atom. The van der Waals surface area contributed by atoms with E-state index in [1.54, 1.807) is 12.1 Å². The summed E-state index contributed by atoms with van der Waals surface area (Å²) in [6.45, 7) is 7.27. The van der Waals surface area contributed by atoms with Crippen molar-refractivity contribution in [3.63, 3.8) is 0 Å². The number of aliphatic hydroxyl groups is 1. The maximum atomic E-state index is 14.7. The standard InChI is InChI=1S/C24H32ClFN2O2/c1-14-17(23(30)27-20-6-4-5-7-22(20)29)11-21(18-10-16(25)8-9-19(18)26)28(14)13-15-12-24(15,2)3/h8-10,15,20-22,29H,4-7,11-13H2,1-3H3,(H,27,30)/t15-,20-,21?,22-/m1/s1. The van der Waals surface area contributed by atoms with Gasteiger partial charge in [-0.25, -0.2) is 4.39 Å². The molecule has 164 valence electrons. The summed E-state index contributed by atoms with van der Waals surface area (Å²) in [6.07, 6.45) is 4.63. The molecule has 2 fully saturated rings. The molecule has 2 saturated carbocycles. The lowest BCUT2D eigenvalue weighted by Gasteiger charge is -2.30. The van der Waals surface area contributed by atoms with E-state index >= 15 is 0 Å². The molecule has 1 aliphatic heterocycles. The first-order valence-corrected chi connectivity index (χ1v) is 11.5. The number of hydrogen-bond donors (Lipinski definition) is 2. The maximum absolute atomic E-state index is 14.7. The van der Waals surface area contributed by atoms with Gasteiger partial charge < -0.3 is 15.3 Å². The van der Waals surface area contributed by atoms with Crippen LogP contribution in [0.25, 0.3) is 0 Å². The predicted molar refractivity (Wildman–Crippen MR) is 116 cm³/mol. The summed E-state index contributed by atoms with van der Waals surface area (Å²) >= 11 is 6.18. The number of nitrogens with one attached hydrogen (secondary N) is 1.